The molecule has 0 amide bonds. The van der Waals surface area contributed by atoms with Crippen LogP contribution in [0.1, 0.15) is 44.1 Å². The summed E-state index contributed by atoms with van der Waals surface area (Å²) in [6, 6.07) is 5.41. The van der Waals surface area contributed by atoms with Crippen LogP contribution in [-0.2, 0) is 10.0 Å². The lowest BCUT2D eigenvalue weighted by Gasteiger charge is -2.43. The van der Waals surface area contributed by atoms with Crippen molar-refractivity contribution in [2.45, 2.75) is 56.4 Å². The van der Waals surface area contributed by atoms with Crippen LogP contribution in [0.25, 0.3) is 0 Å². The summed E-state index contributed by atoms with van der Waals surface area (Å²) in [7, 11) is -3.47. The van der Waals surface area contributed by atoms with E-state index >= 15 is 0 Å². The van der Waals surface area contributed by atoms with E-state index in [0.29, 0.717) is 18.2 Å². The molecular formula is C16H24N2O2S. The Morgan fingerprint density at radius 2 is 1.86 bits per heavy atom. The van der Waals surface area contributed by atoms with Gasteiger partial charge in [-0.2, -0.15) is 4.31 Å². The van der Waals surface area contributed by atoms with Crippen molar-refractivity contribution in [3.8, 4) is 0 Å². The lowest BCUT2D eigenvalue weighted by molar-refractivity contribution is 0.129. The topological polar surface area (TPSA) is 63.4 Å². The van der Waals surface area contributed by atoms with E-state index in [4.69, 9.17) is 5.73 Å². The summed E-state index contributed by atoms with van der Waals surface area (Å²) < 4.78 is 27.8. The quantitative estimate of drug-likeness (QED) is 0.854. The molecule has 1 aromatic carbocycles. The van der Waals surface area contributed by atoms with Crippen LogP contribution in [0, 0.1) is 12.8 Å². The fourth-order valence-corrected chi connectivity index (χ4v) is 5.76. The average Bonchev–Trinajstić information content (AvgIpc) is 2.46. The van der Waals surface area contributed by atoms with E-state index in [1.165, 1.54) is 19.3 Å². The van der Waals surface area contributed by atoms with Crippen LogP contribution < -0.4 is 5.73 Å². The van der Waals surface area contributed by atoms with Gasteiger partial charge in [0.2, 0.25) is 10.0 Å². The lowest BCUT2D eigenvalue weighted by atomic mass is 9.79. The molecule has 0 aromatic heterocycles. The van der Waals surface area contributed by atoms with Gasteiger partial charge in [-0.3, -0.25) is 0 Å². The second kappa shape index (κ2) is 5.61. The number of fused-ring (bicyclic) bond motifs is 1. The van der Waals surface area contributed by atoms with Crippen LogP contribution in [0.4, 0.5) is 5.69 Å². The molecule has 5 heteroatoms. The molecule has 0 radical (unpaired) electrons. The first-order valence-corrected chi connectivity index (χ1v) is 9.32. The molecular weight excluding hydrogens is 284 g/mol. The number of hydrogen-bond acceptors (Lipinski definition) is 3. The fraction of sp³-hybridized carbons (Fsp3) is 0.625. The van der Waals surface area contributed by atoms with Gasteiger partial charge in [-0.1, -0.05) is 18.9 Å². The number of nitrogens with two attached hydrogens (primary N) is 1. The molecule has 1 aliphatic carbocycles. The van der Waals surface area contributed by atoms with Gasteiger partial charge in [0.25, 0.3) is 0 Å². The summed E-state index contributed by atoms with van der Waals surface area (Å²) in [6.45, 7) is 2.56. The molecule has 2 N–H and O–H groups in total. The summed E-state index contributed by atoms with van der Waals surface area (Å²) >= 11 is 0. The van der Waals surface area contributed by atoms with Crippen LogP contribution in [0.2, 0.25) is 0 Å². The van der Waals surface area contributed by atoms with Gasteiger partial charge in [0, 0.05) is 12.6 Å². The zero-order chi connectivity index (χ0) is 15.0. The molecule has 2 aliphatic rings. The van der Waals surface area contributed by atoms with E-state index in [1.807, 2.05) is 13.0 Å². The highest BCUT2D eigenvalue weighted by molar-refractivity contribution is 7.89. The van der Waals surface area contributed by atoms with Gasteiger partial charge < -0.3 is 5.73 Å². The zero-order valence-corrected chi connectivity index (χ0v) is 13.4. The van der Waals surface area contributed by atoms with Crippen molar-refractivity contribution in [3.05, 3.63) is 23.8 Å². The Kier molecular flexibility index (Phi) is 3.97. The third kappa shape index (κ3) is 2.69. The molecule has 1 aromatic rings. The molecule has 1 saturated heterocycles. The van der Waals surface area contributed by atoms with E-state index in [1.54, 1.807) is 16.4 Å². The van der Waals surface area contributed by atoms with Crippen molar-refractivity contribution >= 4 is 15.7 Å². The van der Waals surface area contributed by atoms with Crippen molar-refractivity contribution < 1.29 is 8.42 Å². The van der Waals surface area contributed by atoms with Gasteiger partial charge in [0.1, 0.15) is 4.90 Å². The highest BCUT2D eigenvalue weighted by atomic mass is 32.2. The number of anilines is 1. The van der Waals surface area contributed by atoms with Crippen LogP contribution in [0.3, 0.4) is 0 Å². The number of rotatable bonds is 2. The van der Waals surface area contributed by atoms with Crippen molar-refractivity contribution in [2.24, 2.45) is 5.92 Å². The van der Waals surface area contributed by atoms with E-state index in [2.05, 4.69) is 0 Å². The zero-order valence-electron chi connectivity index (χ0n) is 12.6. The minimum absolute atomic E-state index is 0.179. The number of hydrogen-bond donors (Lipinski definition) is 1. The van der Waals surface area contributed by atoms with Crippen LogP contribution in [-0.4, -0.2) is 25.3 Å². The lowest BCUT2D eigenvalue weighted by Crippen LogP contribution is -2.49. The van der Waals surface area contributed by atoms with Gasteiger partial charge in [-0.15, -0.1) is 0 Å². The summed E-state index contributed by atoms with van der Waals surface area (Å²) in [6.07, 6.45) is 6.67. The highest BCUT2D eigenvalue weighted by Gasteiger charge is 2.40. The van der Waals surface area contributed by atoms with Gasteiger partial charge >= 0.3 is 0 Å². The monoisotopic (exact) mass is 308 g/mol. The second-order valence-corrected chi connectivity index (χ2v) is 8.27. The minimum Gasteiger partial charge on any atom is -0.398 e. The Hall–Kier alpha value is -1.07. The number of aryl methyl sites for hydroxylation is 1. The number of nitrogens with zero attached hydrogens (tertiary/aromatic N) is 1. The Bertz CT molecular complexity index is 625. The van der Waals surface area contributed by atoms with Crippen molar-refractivity contribution in [1.29, 1.82) is 0 Å². The smallest absolute Gasteiger partial charge is 0.245 e. The van der Waals surface area contributed by atoms with Crippen molar-refractivity contribution in [2.75, 3.05) is 12.3 Å². The average molecular weight is 308 g/mol. The van der Waals surface area contributed by atoms with E-state index < -0.39 is 10.0 Å². The SMILES string of the molecule is Cc1ccc(S(=O)(=O)N2CCCC3CCCCC32)c(N)c1. The summed E-state index contributed by atoms with van der Waals surface area (Å²) in [5.41, 5.74) is 7.33. The molecule has 3 rings (SSSR count). The molecule has 1 saturated carbocycles. The fourth-order valence-electron chi connectivity index (χ4n) is 3.91. The van der Waals surface area contributed by atoms with E-state index in [9.17, 15) is 8.42 Å². The number of benzene rings is 1. The van der Waals surface area contributed by atoms with Gasteiger partial charge in [-0.05, 0) is 56.2 Å². The summed E-state index contributed by atoms with van der Waals surface area (Å²) in [5, 5.41) is 0. The highest BCUT2D eigenvalue weighted by Crippen LogP contribution is 2.38. The maximum absolute atomic E-state index is 13.0. The Labute approximate surface area is 127 Å². The van der Waals surface area contributed by atoms with Gasteiger partial charge in [-0.25, -0.2) is 8.42 Å². The molecule has 2 atom stereocenters. The largest absolute Gasteiger partial charge is 0.398 e. The number of nitrogen functional groups attached to an aromatic ring is 1. The number of piperidine rings is 1. The minimum atomic E-state index is -3.47. The maximum Gasteiger partial charge on any atom is 0.245 e. The third-order valence-electron chi connectivity index (χ3n) is 4.94. The van der Waals surface area contributed by atoms with Crippen molar-refractivity contribution in [3.63, 3.8) is 0 Å². The van der Waals surface area contributed by atoms with Crippen molar-refractivity contribution in [1.82, 2.24) is 4.31 Å². The van der Waals surface area contributed by atoms with Crippen LogP contribution in [0.5, 0.6) is 0 Å². The summed E-state index contributed by atoms with van der Waals surface area (Å²) in [4.78, 5) is 0.277. The Morgan fingerprint density at radius 1 is 1.14 bits per heavy atom. The molecule has 1 heterocycles. The predicted octanol–water partition coefficient (Wildman–Crippen LogP) is 2.92. The second-order valence-electron chi connectivity index (χ2n) is 6.41. The van der Waals surface area contributed by atoms with E-state index in [0.717, 1.165) is 24.8 Å². The van der Waals surface area contributed by atoms with E-state index in [-0.39, 0.29) is 10.9 Å². The first-order valence-electron chi connectivity index (χ1n) is 7.88. The van der Waals surface area contributed by atoms with Crippen LogP contribution >= 0.6 is 0 Å². The molecule has 116 valence electrons. The molecule has 2 unspecified atom stereocenters. The standard InChI is InChI=1S/C16H24N2O2S/c1-12-8-9-16(14(17)11-12)21(19,20)18-10-4-6-13-5-2-3-7-15(13)18/h8-9,11,13,15H,2-7,10,17H2,1H3. The molecule has 2 fully saturated rings. The summed E-state index contributed by atoms with van der Waals surface area (Å²) in [5.74, 6) is 0.536. The molecule has 4 nitrogen and oxygen atoms in total. The first-order chi connectivity index (χ1) is 10.00. The number of sulfonamides is 1. The van der Waals surface area contributed by atoms with Gasteiger partial charge in [0.05, 0.1) is 5.69 Å². The maximum atomic E-state index is 13.0. The first kappa shape index (κ1) is 14.9. The molecule has 1 aliphatic heterocycles. The molecule has 0 spiro atoms. The Morgan fingerprint density at radius 3 is 2.62 bits per heavy atom. The van der Waals surface area contributed by atoms with Gasteiger partial charge in [0.15, 0.2) is 0 Å². The predicted molar refractivity (Wildman–Crippen MR) is 84.5 cm³/mol. The normalized spacial score (nSPS) is 27.3. The Balaban J connectivity index is 1.96. The third-order valence-corrected chi connectivity index (χ3v) is 6.94. The van der Waals surface area contributed by atoms with Crippen LogP contribution in [0.15, 0.2) is 23.1 Å². The molecule has 0 bridgehead atoms. The molecule has 21 heavy (non-hydrogen) atoms.